The van der Waals surface area contributed by atoms with Gasteiger partial charge in [-0.2, -0.15) is 0 Å². The summed E-state index contributed by atoms with van der Waals surface area (Å²) in [6.07, 6.45) is -0.250. The fourth-order valence-corrected chi connectivity index (χ4v) is 3.75. The molecule has 0 aliphatic heterocycles. The highest BCUT2D eigenvalue weighted by molar-refractivity contribution is 5.89. The zero-order valence-electron chi connectivity index (χ0n) is 17.4. The highest BCUT2D eigenvalue weighted by Crippen LogP contribution is 2.37. The Morgan fingerprint density at radius 2 is 1.88 bits per heavy atom. The van der Waals surface area contributed by atoms with Crippen LogP contribution in [0.4, 0.5) is 23.7 Å². The van der Waals surface area contributed by atoms with Crippen molar-refractivity contribution in [2.75, 3.05) is 5.32 Å². The number of nitrogens with zero attached hydrogens (tertiary/aromatic N) is 2. The second-order valence-corrected chi connectivity index (χ2v) is 7.81. The standard InChI is InChI=1S/C23H21F3N4O3/c24-23(25,26)33-20-7-5-16(6-8-20)17-12-19(13-17)29-21(31)28-18-4-1-3-15(11-18)14-30-10-2-9-27-22(30)32/h1-11,17,19H,12-14H2,(H2,28,29,31). The van der Waals surface area contributed by atoms with Gasteiger partial charge in [0.1, 0.15) is 5.75 Å². The average Bonchev–Trinajstić information content (AvgIpc) is 2.72. The zero-order chi connectivity index (χ0) is 23.4. The van der Waals surface area contributed by atoms with Gasteiger partial charge in [0, 0.05) is 24.1 Å². The van der Waals surface area contributed by atoms with Gasteiger partial charge in [-0.3, -0.25) is 4.57 Å². The molecule has 172 valence electrons. The molecule has 33 heavy (non-hydrogen) atoms. The number of anilines is 1. The van der Waals surface area contributed by atoms with Crippen LogP contribution in [0.1, 0.15) is 29.9 Å². The van der Waals surface area contributed by atoms with Crippen LogP contribution in [0, 0.1) is 0 Å². The van der Waals surface area contributed by atoms with Crippen molar-refractivity contribution < 1.29 is 22.7 Å². The van der Waals surface area contributed by atoms with Gasteiger partial charge in [0.05, 0.1) is 6.54 Å². The van der Waals surface area contributed by atoms with E-state index in [0.29, 0.717) is 25.1 Å². The number of amides is 2. The van der Waals surface area contributed by atoms with Crippen LogP contribution in [0.15, 0.2) is 71.8 Å². The first-order valence-electron chi connectivity index (χ1n) is 10.3. The van der Waals surface area contributed by atoms with Gasteiger partial charge in [-0.25, -0.2) is 14.6 Å². The van der Waals surface area contributed by atoms with E-state index in [1.807, 2.05) is 6.07 Å². The SMILES string of the molecule is O=C(Nc1cccc(Cn2cccnc2=O)c1)NC1CC(c2ccc(OC(F)(F)F)cc2)C1. The smallest absolute Gasteiger partial charge is 0.406 e. The maximum absolute atomic E-state index is 12.3. The summed E-state index contributed by atoms with van der Waals surface area (Å²) in [4.78, 5) is 27.8. The molecule has 0 unspecified atom stereocenters. The summed E-state index contributed by atoms with van der Waals surface area (Å²) < 4.78 is 42.1. The Morgan fingerprint density at radius 3 is 2.58 bits per heavy atom. The van der Waals surface area contributed by atoms with Crippen LogP contribution in [0.2, 0.25) is 0 Å². The van der Waals surface area contributed by atoms with Crippen molar-refractivity contribution in [2.24, 2.45) is 0 Å². The Bertz CT molecular complexity index is 1170. The molecular weight excluding hydrogens is 437 g/mol. The van der Waals surface area contributed by atoms with E-state index in [1.54, 1.807) is 42.6 Å². The van der Waals surface area contributed by atoms with Crippen molar-refractivity contribution in [3.8, 4) is 5.75 Å². The van der Waals surface area contributed by atoms with Crippen LogP contribution in [-0.2, 0) is 6.54 Å². The number of alkyl halides is 3. The van der Waals surface area contributed by atoms with Crippen LogP contribution < -0.4 is 21.1 Å². The van der Waals surface area contributed by atoms with Crippen LogP contribution in [0.3, 0.4) is 0 Å². The summed E-state index contributed by atoms with van der Waals surface area (Å²) in [5.74, 6) is -0.0911. The van der Waals surface area contributed by atoms with E-state index in [0.717, 1.165) is 11.1 Å². The van der Waals surface area contributed by atoms with Crippen molar-refractivity contribution in [1.29, 1.82) is 0 Å². The average molecular weight is 458 g/mol. The molecule has 0 atom stereocenters. The second kappa shape index (κ2) is 9.35. The van der Waals surface area contributed by atoms with Crippen LogP contribution >= 0.6 is 0 Å². The highest BCUT2D eigenvalue weighted by Gasteiger charge is 2.33. The molecule has 0 bridgehead atoms. The molecule has 2 N–H and O–H groups in total. The lowest BCUT2D eigenvalue weighted by molar-refractivity contribution is -0.274. The number of halogens is 3. The fraction of sp³-hybridized carbons (Fsp3) is 0.261. The molecule has 2 aromatic carbocycles. The van der Waals surface area contributed by atoms with Gasteiger partial charge in [-0.1, -0.05) is 24.3 Å². The Morgan fingerprint density at radius 1 is 1.12 bits per heavy atom. The number of aromatic nitrogens is 2. The largest absolute Gasteiger partial charge is 0.573 e. The van der Waals surface area contributed by atoms with Crippen LogP contribution in [0.5, 0.6) is 5.75 Å². The molecule has 1 heterocycles. The molecule has 3 aromatic rings. The topological polar surface area (TPSA) is 85.2 Å². The minimum absolute atomic E-state index is 0.0294. The van der Waals surface area contributed by atoms with E-state index < -0.39 is 6.36 Å². The lowest BCUT2D eigenvalue weighted by Crippen LogP contribution is -2.45. The molecule has 0 saturated heterocycles. The maximum atomic E-state index is 12.3. The number of urea groups is 1. The van der Waals surface area contributed by atoms with Gasteiger partial charge in [-0.15, -0.1) is 13.2 Å². The molecule has 0 radical (unpaired) electrons. The number of nitrogens with one attached hydrogen (secondary N) is 2. The highest BCUT2D eigenvalue weighted by atomic mass is 19.4. The predicted octanol–water partition coefficient (Wildman–Crippen LogP) is 4.26. The molecule has 4 rings (SSSR count). The van der Waals surface area contributed by atoms with Gasteiger partial charge in [-0.05, 0) is 60.2 Å². The summed E-state index contributed by atoms with van der Waals surface area (Å²) in [6.45, 7) is 0.334. The lowest BCUT2D eigenvalue weighted by Gasteiger charge is -2.36. The van der Waals surface area contributed by atoms with Gasteiger partial charge in [0.25, 0.3) is 0 Å². The van der Waals surface area contributed by atoms with Crippen LogP contribution in [-0.4, -0.2) is 28.0 Å². The fourth-order valence-electron chi connectivity index (χ4n) is 3.75. The molecule has 1 saturated carbocycles. The van der Waals surface area contributed by atoms with Gasteiger partial charge >= 0.3 is 18.1 Å². The first-order chi connectivity index (χ1) is 15.7. The minimum atomic E-state index is -4.71. The Labute approximate surface area is 187 Å². The van der Waals surface area contributed by atoms with Crippen molar-refractivity contribution in [1.82, 2.24) is 14.9 Å². The minimum Gasteiger partial charge on any atom is -0.406 e. The number of benzene rings is 2. The number of hydrogen-bond donors (Lipinski definition) is 2. The summed E-state index contributed by atoms with van der Waals surface area (Å²) in [5.41, 5.74) is 1.99. The van der Waals surface area contributed by atoms with E-state index in [2.05, 4.69) is 20.4 Å². The van der Waals surface area contributed by atoms with Crippen molar-refractivity contribution in [2.45, 2.75) is 37.7 Å². The third-order valence-corrected chi connectivity index (χ3v) is 5.38. The third kappa shape index (κ3) is 6.12. The molecule has 7 nitrogen and oxygen atoms in total. The van der Waals surface area contributed by atoms with Crippen molar-refractivity contribution >= 4 is 11.7 Å². The molecule has 0 spiro atoms. The van der Waals surface area contributed by atoms with Crippen molar-refractivity contribution in [3.05, 3.63) is 88.6 Å². The maximum Gasteiger partial charge on any atom is 0.573 e. The molecule has 1 aliphatic carbocycles. The predicted molar refractivity (Wildman–Crippen MR) is 115 cm³/mol. The first kappa shape index (κ1) is 22.4. The molecule has 1 aliphatic rings. The quantitative estimate of drug-likeness (QED) is 0.578. The number of carbonyl (C=O) groups excluding carboxylic acids is 1. The van der Waals surface area contributed by atoms with E-state index in [9.17, 15) is 22.8 Å². The summed E-state index contributed by atoms with van der Waals surface area (Å²) >= 11 is 0. The van der Waals surface area contributed by atoms with E-state index >= 15 is 0 Å². The third-order valence-electron chi connectivity index (χ3n) is 5.38. The first-order valence-corrected chi connectivity index (χ1v) is 10.3. The van der Waals surface area contributed by atoms with Gasteiger partial charge in [0.2, 0.25) is 0 Å². The lowest BCUT2D eigenvalue weighted by atomic mass is 9.76. The normalized spacial score (nSPS) is 17.7. The number of rotatable bonds is 6. The van der Waals surface area contributed by atoms with Crippen molar-refractivity contribution in [3.63, 3.8) is 0 Å². The zero-order valence-corrected chi connectivity index (χ0v) is 17.4. The van der Waals surface area contributed by atoms with Gasteiger partial charge < -0.3 is 15.4 Å². The molecule has 1 aromatic heterocycles. The van der Waals surface area contributed by atoms with E-state index in [4.69, 9.17) is 0 Å². The van der Waals surface area contributed by atoms with E-state index in [1.165, 1.54) is 22.9 Å². The molecule has 2 amide bonds. The number of hydrogen-bond acceptors (Lipinski definition) is 4. The molecule has 10 heteroatoms. The van der Waals surface area contributed by atoms with E-state index in [-0.39, 0.29) is 29.4 Å². The summed E-state index contributed by atoms with van der Waals surface area (Å²) in [6, 6.07) is 14.3. The Balaban J connectivity index is 1.26. The molecular formula is C23H21F3N4O3. The monoisotopic (exact) mass is 458 g/mol. The Hall–Kier alpha value is -3.82. The second-order valence-electron chi connectivity index (χ2n) is 7.81. The number of carbonyl (C=O) groups is 1. The Kier molecular flexibility index (Phi) is 6.34. The van der Waals surface area contributed by atoms with Gasteiger partial charge in [0.15, 0.2) is 0 Å². The number of ether oxygens (including phenoxy) is 1. The summed E-state index contributed by atoms with van der Waals surface area (Å²) in [7, 11) is 0. The molecule has 1 fully saturated rings. The summed E-state index contributed by atoms with van der Waals surface area (Å²) in [5, 5.41) is 5.69. The van der Waals surface area contributed by atoms with Crippen LogP contribution in [0.25, 0.3) is 0 Å².